The summed E-state index contributed by atoms with van der Waals surface area (Å²) in [6.45, 7) is 11.2. The Bertz CT molecular complexity index is 975. The zero-order valence-corrected chi connectivity index (χ0v) is 19.3. The molecule has 1 aromatic heterocycles. The third kappa shape index (κ3) is 4.63. The molecule has 2 unspecified atom stereocenters. The molecule has 6 nitrogen and oxygen atoms in total. The second kappa shape index (κ2) is 10.2. The molecular formula is C25H32N2O4. The Balaban J connectivity index is 2.45. The number of carbonyl (C=O) groups is 3. The quantitative estimate of drug-likeness (QED) is 0.344. The van der Waals surface area contributed by atoms with E-state index in [2.05, 4.69) is 6.58 Å². The number of Topliss-reactive ketones (excluding diaryl/α,β-unsaturated/α-hetero) is 1. The minimum absolute atomic E-state index is 0.117. The first-order chi connectivity index (χ1) is 14.7. The number of hydrogen-bond donors (Lipinski definition) is 0. The summed E-state index contributed by atoms with van der Waals surface area (Å²) in [4.78, 5) is 40.8. The van der Waals surface area contributed by atoms with Crippen LogP contribution in [0.5, 0.6) is 0 Å². The van der Waals surface area contributed by atoms with E-state index in [1.165, 1.54) is 7.11 Å². The first-order valence-corrected chi connectivity index (χ1v) is 10.5. The zero-order chi connectivity index (χ0) is 23.3. The van der Waals surface area contributed by atoms with E-state index in [1.807, 2.05) is 37.3 Å². The number of ketones is 1. The maximum Gasteiger partial charge on any atom is 0.354 e. The zero-order valence-electron chi connectivity index (χ0n) is 19.3. The molecule has 0 aliphatic carbocycles. The van der Waals surface area contributed by atoms with Crippen molar-refractivity contribution in [1.82, 2.24) is 9.47 Å². The Kier molecular flexibility index (Phi) is 7.97. The first kappa shape index (κ1) is 24.1. The highest BCUT2D eigenvalue weighted by atomic mass is 16.5. The van der Waals surface area contributed by atoms with E-state index >= 15 is 0 Å². The SMILES string of the molecule is C=CCN(C(=O)C(CC)c1ccccc1)C(C)C(=O)c1c(C)c(C(=O)OC)n(C)c1C. The molecule has 0 saturated carbocycles. The van der Waals surface area contributed by atoms with Crippen molar-refractivity contribution in [3.63, 3.8) is 0 Å². The van der Waals surface area contributed by atoms with Gasteiger partial charge in [-0.3, -0.25) is 9.59 Å². The Morgan fingerprint density at radius 3 is 2.32 bits per heavy atom. The lowest BCUT2D eigenvalue weighted by Gasteiger charge is -2.31. The number of methoxy groups -OCH3 is 1. The summed E-state index contributed by atoms with van der Waals surface area (Å²) in [6, 6.07) is 8.87. The van der Waals surface area contributed by atoms with Crippen molar-refractivity contribution in [2.24, 2.45) is 7.05 Å². The molecule has 31 heavy (non-hydrogen) atoms. The van der Waals surface area contributed by atoms with Gasteiger partial charge in [0.1, 0.15) is 5.69 Å². The van der Waals surface area contributed by atoms with Gasteiger partial charge in [-0.05, 0) is 38.3 Å². The second-order valence-corrected chi connectivity index (χ2v) is 7.68. The van der Waals surface area contributed by atoms with Crippen LogP contribution in [-0.4, -0.2) is 46.8 Å². The highest BCUT2D eigenvalue weighted by Gasteiger charge is 2.34. The van der Waals surface area contributed by atoms with Gasteiger partial charge in [0, 0.05) is 24.8 Å². The Morgan fingerprint density at radius 1 is 1.19 bits per heavy atom. The summed E-state index contributed by atoms with van der Waals surface area (Å²) < 4.78 is 6.54. The Labute approximate surface area is 184 Å². The molecule has 166 valence electrons. The molecule has 0 saturated heterocycles. The van der Waals surface area contributed by atoms with Crippen molar-refractivity contribution < 1.29 is 19.1 Å². The molecule has 1 heterocycles. The molecule has 6 heteroatoms. The number of carbonyl (C=O) groups excluding carboxylic acids is 3. The lowest BCUT2D eigenvalue weighted by Crippen LogP contribution is -2.45. The van der Waals surface area contributed by atoms with E-state index in [0.717, 1.165) is 5.56 Å². The molecule has 0 radical (unpaired) electrons. The van der Waals surface area contributed by atoms with Gasteiger partial charge in [0.05, 0.1) is 19.1 Å². The fourth-order valence-electron chi connectivity index (χ4n) is 4.09. The van der Waals surface area contributed by atoms with Gasteiger partial charge in [-0.2, -0.15) is 0 Å². The van der Waals surface area contributed by atoms with Crippen LogP contribution in [0.1, 0.15) is 63.9 Å². The summed E-state index contributed by atoms with van der Waals surface area (Å²) >= 11 is 0. The number of aromatic nitrogens is 1. The van der Waals surface area contributed by atoms with Gasteiger partial charge < -0.3 is 14.2 Å². The van der Waals surface area contributed by atoms with Gasteiger partial charge in [0.15, 0.2) is 5.78 Å². The standard InChI is InChI=1S/C25H32N2O4/c1-8-15-27(24(29)20(9-2)19-13-11-10-12-14-19)18(5)23(28)21-16(3)22(25(30)31-7)26(6)17(21)4/h8,10-14,18,20H,1,9,15H2,2-7H3. The summed E-state index contributed by atoms with van der Waals surface area (Å²) in [5, 5.41) is 0. The molecule has 2 rings (SSSR count). The number of benzene rings is 1. The van der Waals surface area contributed by atoms with Gasteiger partial charge in [-0.15, -0.1) is 6.58 Å². The summed E-state index contributed by atoms with van der Waals surface area (Å²) in [5.74, 6) is -1.17. The Hall–Kier alpha value is -3.15. The molecule has 0 spiro atoms. The highest BCUT2D eigenvalue weighted by Crippen LogP contribution is 2.27. The highest BCUT2D eigenvalue weighted by molar-refractivity contribution is 6.06. The largest absolute Gasteiger partial charge is 0.464 e. The van der Waals surface area contributed by atoms with Crippen LogP contribution in [0.3, 0.4) is 0 Å². The molecule has 0 aliphatic rings. The van der Waals surface area contributed by atoms with Crippen molar-refractivity contribution in [2.75, 3.05) is 13.7 Å². The van der Waals surface area contributed by atoms with E-state index < -0.39 is 12.0 Å². The lowest BCUT2D eigenvalue weighted by molar-refractivity contribution is -0.133. The Morgan fingerprint density at radius 2 is 1.81 bits per heavy atom. The number of hydrogen-bond acceptors (Lipinski definition) is 4. The van der Waals surface area contributed by atoms with Crippen molar-refractivity contribution in [1.29, 1.82) is 0 Å². The third-order valence-corrected chi connectivity index (χ3v) is 5.92. The van der Waals surface area contributed by atoms with Crippen LogP contribution < -0.4 is 0 Å². The van der Waals surface area contributed by atoms with Gasteiger partial charge in [-0.1, -0.05) is 43.3 Å². The average Bonchev–Trinajstić information content (AvgIpc) is 2.99. The van der Waals surface area contributed by atoms with Crippen LogP contribution >= 0.6 is 0 Å². The average molecular weight is 425 g/mol. The predicted molar refractivity (Wildman–Crippen MR) is 121 cm³/mol. The van der Waals surface area contributed by atoms with E-state index in [-0.39, 0.29) is 24.2 Å². The molecule has 0 fully saturated rings. The van der Waals surface area contributed by atoms with Crippen LogP contribution in [0, 0.1) is 13.8 Å². The molecule has 2 atom stereocenters. The smallest absolute Gasteiger partial charge is 0.354 e. The number of amides is 1. The monoisotopic (exact) mass is 424 g/mol. The van der Waals surface area contributed by atoms with Crippen LogP contribution in [0.2, 0.25) is 0 Å². The molecule has 0 aliphatic heterocycles. The molecule has 1 amide bonds. The minimum atomic E-state index is -0.714. The summed E-state index contributed by atoms with van der Waals surface area (Å²) in [6.07, 6.45) is 2.25. The molecule has 0 N–H and O–H groups in total. The molecule has 1 aromatic carbocycles. The molecule has 0 bridgehead atoms. The lowest BCUT2D eigenvalue weighted by atomic mass is 9.93. The van der Waals surface area contributed by atoms with Crippen LogP contribution in [0.15, 0.2) is 43.0 Å². The fraction of sp³-hybridized carbons (Fsp3) is 0.400. The molecular weight excluding hydrogens is 392 g/mol. The van der Waals surface area contributed by atoms with E-state index in [4.69, 9.17) is 4.74 Å². The fourth-order valence-corrected chi connectivity index (χ4v) is 4.09. The first-order valence-electron chi connectivity index (χ1n) is 10.5. The van der Waals surface area contributed by atoms with Crippen molar-refractivity contribution in [2.45, 2.75) is 46.1 Å². The maximum absolute atomic E-state index is 13.5. The number of ether oxygens (including phenoxy) is 1. The van der Waals surface area contributed by atoms with Crippen LogP contribution in [0.4, 0.5) is 0 Å². The van der Waals surface area contributed by atoms with Crippen molar-refractivity contribution in [3.8, 4) is 0 Å². The number of esters is 1. The van der Waals surface area contributed by atoms with Gasteiger partial charge in [0.2, 0.25) is 5.91 Å². The summed E-state index contributed by atoms with van der Waals surface area (Å²) in [5.41, 5.74) is 2.93. The van der Waals surface area contributed by atoms with Crippen molar-refractivity contribution in [3.05, 3.63) is 71.1 Å². The third-order valence-electron chi connectivity index (χ3n) is 5.92. The number of nitrogens with zero attached hydrogens (tertiary/aromatic N) is 2. The number of rotatable bonds is 9. The normalized spacial score (nSPS) is 12.7. The van der Waals surface area contributed by atoms with Gasteiger partial charge in [0.25, 0.3) is 0 Å². The topological polar surface area (TPSA) is 68.6 Å². The second-order valence-electron chi connectivity index (χ2n) is 7.68. The molecule has 2 aromatic rings. The van der Waals surface area contributed by atoms with Gasteiger partial charge >= 0.3 is 5.97 Å². The van der Waals surface area contributed by atoms with Crippen LogP contribution in [0.25, 0.3) is 0 Å². The predicted octanol–water partition coefficient (Wildman–Crippen LogP) is 4.21. The van der Waals surface area contributed by atoms with E-state index in [1.54, 1.807) is 43.4 Å². The maximum atomic E-state index is 13.5. The summed E-state index contributed by atoms with van der Waals surface area (Å²) in [7, 11) is 3.04. The van der Waals surface area contributed by atoms with Crippen LogP contribution in [-0.2, 0) is 16.6 Å². The van der Waals surface area contributed by atoms with E-state index in [9.17, 15) is 14.4 Å². The van der Waals surface area contributed by atoms with E-state index in [0.29, 0.717) is 28.9 Å². The van der Waals surface area contributed by atoms with Crippen molar-refractivity contribution >= 4 is 17.7 Å². The minimum Gasteiger partial charge on any atom is -0.464 e. The van der Waals surface area contributed by atoms with Gasteiger partial charge in [-0.25, -0.2) is 4.79 Å².